The fourth-order valence-electron chi connectivity index (χ4n) is 2.90. The van der Waals surface area contributed by atoms with Crippen molar-refractivity contribution in [1.29, 1.82) is 0 Å². The Labute approximate surface area is 171 Å². The third-order valence-electron chi connectivity index (χ3n) is 4.18. The monoisotopic (exact) mass is 409 g/mol. The zero-order valence-corrected chi connectivity index (χ0v) is 16.1. The van der Waals surface area contributed by atoms with Gasteiger partial charge in [0.25, 0.3) is 0 Å². The second kappa shape index (κ2) is 7.81. The maximum atomic E-state index is 12.4. The molecule has 1 aliphatic heterocycles. The van der Waals surface area contributed by atoms with Crippen LogP contribution in [0.5, 0.6) is 5.75 Å². The number of anilines is 2. The molecule has 4 rings (SSSR count). The number of ether oxygens (including phenoxy) is 1. The lowest BCUT2D eigenvalue weighted by Crippen LogP contribution is -2.06. The van der Waals surface area contributed by atoms with Gasteiger partial charge in [-0.25, -0.2) is 14.8 Å². The number of hydrogen-bond donors (Lipinski definition) is 2. The van der Waals surface area contributed by atoms with Gasteiger partial charge in [-0.05, 0) is 43.3 Å². The summed E-state index contributed by atoms with van der Waals surface area (Å²) in [6.07, 6.45) is 4.86. The molecule has 2 aromatic heterocycles. The molecular formula is C21H16ClN3O4. The number of aliphatic imine (C=N–C) groups is 1. The van der Waals surface area contributed by atoms with Crippen LogP contribution in [-0.4, -0.2) is 28.9 Å². The SMILES string of the molecule is CCOC(=O)c1c(Nc2cccc(Cl)c2)oc(C=C2C=Nc3ncccc32)c1O. The van der Waals surface area contributed by atoms with Crippen LogP contribution >= 0.6 is 11.6 Å². The van der Waals surface area contributed by atoms with Gasteiger partial charge in [-0.1, -0.05) is 17.7 Å². The number of aromatic nitrogens is 1. The molecule has 0 saturated carbocycles. The van der Waals surface area contributed by atoms with Crippen LogP contribution in [0.3, 0.4) is 0 Å². The lowest BCUT2D eigenvalue weighted by molar-refractivity contribution is 0.0524. The number of esters is 1. The Morgan fingerprint density at radius 2 is 2.21 bits per heavy atom. The Hall–Kier alpha value is -3.58. The molecule has 0 atom stereocenters. The highest BCUT2D eigenvalue weighted by atomic mass is 35.5. The molecule has 146 valence electrons. The van der Waals surface area contributed by atoms with Crippen molar-refractivity contribution in [2.45, 2.75) is 6.92 Å². The highest BCUT2D eigenvalue weighted by Crippen LogP contribution is 2.39. The highest BCUT2D eigenvalue weighted by molar-refractivity contribution is 6.30. The van der Waals surface area contributed by atoms with Gasteiger partial charge in [0, 0.05) is 34.3 Å². The number of rotatable bonds is 5. The number of pyridine rings is 1. The van der Waals surface area contributed by atoms with Crippen molar-refractivity contribution in [1.82, 2.24) is 4.98 Å². The Balaban J connectivity index is 1.77. The summed E-state index contributed by atoms with van der Waals surface area (Å²) in [4.78, 5) is 20.8. The van der Waals surface area contributed by atoms with E-state index in [1.54, 1.807) is 55.7 Å². The molecule has 0 unspecified atom stereocenters. The summed E-state index contributed by atoms with van der Waals surface area (Å²) in [6, 6.07) is 10.5. The van der Waals surface area contributed by atoms with E-state index in [-0.39, 0.29) is 29.6 Å². The first-order valence-electron chi connectivity index (χ1n) is 8.83. The Morgan fingerprint density at radius 3 is 3.00 bits per heavy atom. The van der Waals surface area contributed by atoms with Crippen molar-refractivity contribution in [2.24, 2.45) is 4.99 Å². The first kappa shape index (κ1) is 18.8. The summed E-state index contributed by atoms with van der Waals surface area (Å²) in [5.74, 6) is -0.309. The molecule has 0 aliphatic carbocycles. The summed E-state index contributed by atoms with van der Waals surface area (Å²) in [5, 5.41) is 14.2. The predicted octanol–water partition coefficient (Wildman–Crippen LogP) is 5.21. The lowest BCUT2D eigenvalue weighted by atomic mass is 10.1. The van der Waals surface area contributed by atoms with Crippen LogP contribution in [0.4, 0.5) is 17.4 Å². The predicted molar refractivity (Wildman–Crippen MR) is 111 cm³/mol. The second-order valence-corrected chi connectivity index (χ2v) is 6.54. The van der Waals surface area contributed by atoms with Crippen molar-refractivity contribution in [3.05, 3.63) is 64.5 Å². The van der Waals surface area contributed by atoms with Gasteiger partial charge >= 0.3 is 5.97 Å². The minimum Gasteiger partial charge on any atom is -0.504 e. The van der Waals surface area contributed by atoms with E-state index in [2.05, 4.69) is 15.3 Å². The summed E-state index contributed by atoms with van der Waals surface area (Å²) < 4.78 is 10.8. The van der Waals surface area contributed by atoms with Crippen molar-refractivity contribution >= 4 is 52.8 Å². The van der Waals surface area contributed by atoms with Crippen LogP contribution in [0.2, 0.25) is 5.02 Å². The fraction of sp³-hybridized carbons (Fsp3) is 0.0952. The van der Waals surface area contributed by atoms with Gasteiger partial charge in [0.15, 0.2) is 22.9 Å². The van der Waals surface area contributed by atoms with E-state index in [4.69, 9.17) is 20.8 Å². The van der Waals surface area contributed by atoms with Crippen molar-refractivity contribution in [2.75, 3.05) is 11.9 Å². The second-order valence-electron chi connectivity index (χ2n) is 6.11. The molecule has 1 aliphatic rings. The van der Waals surface area contributed by atoms with Gasteiger partial charge in [-0.3, -0.25) is 0 Å². The molecule has 8 heteroatoms. The van der Waals surface area contributed by atoms with E-state index in [0.29, 0.717) is 22.1 Å². The number of fused-ring (bicyclic) bond motifs is 1. The van der Waals surface area contributed by atoms with Crippen molar-refractivity contribution < 1.29 is 19.1 Å². The first-order valence-corrected chi connectivity index (χ1v) is 9.21. The molecule has 1 aromatic carbocycles. The maximum absolute atomic E-state index is 12.4. The lowest BCUT2D eigenvalue weighted by Gasteiger charge is -2.06. The number of carbonyl (C=O) groups excluding carboxylic acids is 1. The number of nitrogens with zero attached hydrogens (tertiary/aromatic N) is 2. The van der Waals surface area contributed by atoms with Gasteiger partial charge < -0.3 is 19.6 Å². The molecular weight excluding hydrogens is 394 g/mol. The van der Waals surface area contributed by atoms with E-state index in [0.717, 1.165) is 5.56 Å². The van der Waals surface area contributed by atoms with E-state index in [1.807, 2.05) is 6.07 Å². The van der Waals surface area contributed by atoms with E-state index >= 15 is 0 Å². The van der Waals surface area contributed by atoms with Crippen molar-refractivity contribution in [3.63, 3.8) is 0 Å². The summed E-state index contributed by atoms with van der Waals surface area (Å²) in [7, 11) is 0. The van der Waals surface area contributed by atoms with Crippen LogP contribution in [0.25, 0.3) is 11.6 Å². The minimum atomic E-state index is -0.704. The Morgan fingerprint density at radius 1 is 1.34 bits per heavy atom. The van der Waals surface area contributed by atoms with Crippen molar-refractivity contribution in [3.8, 4) is 5.75 Å². The van der Waals surface area contributed by atoms with Crippen LogP contribution in [0, 0.1) is 0 Å². The van der Waals surface area contributed by atoms with Crippen LogP contribution in [0.15, 0.2) is 52.0 Å². The third-order valence-corrected chi connectivity index (χ3v) is 4.42. The molecule has 0 spiro atoms. The van der Waals surface area contributed by atoms with E-state index in [1.165, 1.54) is 0 Å². The van der Waals surface area contributed by atoms with E-state index in [9.17, 15) is 9.90 Å². The van der Waals surface area contributed by atoms with Gasteiger partial charge in [0.2, 0.25) is 5.88 Å². The van der Waals surface area contributed by atoms with E-state index < -0.39 is 5.97 Å². The van der Waals surface area contributed by atoms with Gasteiger partial charge in [-0.15, -0.1) is 0 Å². The Kier molecular flexibility index (Phi) is 5.05. The number of halogens is 1. The largest absolute Gasteiger partial charge is 0.504 e. The number of allylic oxidation sites excluding steroid dienone is 1. The first-order chi connectivity index (χ1) is 14.1. The molecule has 0 saturated heterocycles. The quantitative estimate of drug-likeness (QED) is 0.561. The zero-order chi connectivity index (χ0) is 20.4. The number of benzene rings is 1. The van der Waals surface area contributed by atoms with Crippen LogP contribution in [-0.2, 0) is 4.74 Å². The van der Waals surface area contributed by atoms with Gasteiger partial charge in [0.05, 0.1) is 6.61 Å². The molecule has 0 bridgehead atoms. The number of aromatic hydroxyl groups is 1. The highest BCUT2D eigenvalue weighted by Gasteiger charge is 2.27. The molecule has 7 nitrogen and oxygen atoms in total. The Bertz CT molecular complexity index is 1150. The standard InChI is InChI=1S/C21H16ClN3O4/c1-2-28-21(27)17-18(26)16(9-12-11-24-19-15(12)7-4-8-23-19)29-20(17)25-14-6-3-5-13(22)10-14/h3-11,25-26H,2H2,1H3. The molecule has 2 N–H and O–H groups in total. The average molecular weight is 410 g/mol. The number of nitrogens with one attached hydrogen (secondary N) is 1. The summed E-state index contributed by atoms with van der Waals surface area (Å²) in [6.45, 7) is 1.84. The molecule has 0 amide bonds. The smallest absolute Gasteiger partial charge is 0.347 e. The molecule has 0 fully saturated rings. The minimum absolute atomic E-state index is 0.0522. The molecule has 3 aromatic rings. The number of carbonyl (C=O) groups is 1. The molecule has 29 heavy (non-hydrogen) atoms. The summed E-state index contributed by atoms with van der Waals surface area (Å²) >= 11 is 6.02. The van der Waals surface area contributed by atoms with Gasteiger partial charge in [0.1, 0.15) is 0 Å². The topological polar surface area (TPSA) is 97.0 Å². The number of hydrogen-bond acceptors (Lipinski definition) is 7. The maximum Gasteiger partial charge on any atom is 0.347 e. The molecule has 0 radical (unpaired) electrons. The third kappa shape index (κ3) is 3.72. The van der Waals surface area contributed by atoms with Crippen LogP contribution < -0.4 is 5.32 Å². The number of furan rings is 1. The summed E-state index contributed by atoms with van der Waals surface area (Å²) in [5.41, 5.74) is 1.99. The zero-order valence-electron chi connectivity index (χ0n) is 15.3. The fourth-order valence-corrected chi connectivity index (χ4v) is 3.09. The average Bonchev–Trinajstić information content (AvgIpc) is 3.24. The molecule has 3 heterocycles. The normalized spacial score (nSPS) is 13.5. The van der Waals surface area contributed by atoms with Crippen LogP contribution in [0.1, 0.15) is 28.6 Å². The van der Waals surface area contributed by atoms with Gasteiger partial charge in [-0.2, -0.15) is 0 Å².